The zero-order valence-electron chi connectivity index (χ0n) is 9.21. The van der Waals surface area contributed by atoms with Crippen molar-refractivity contribution in [1.82, 2.24) is 20.3 Å². The molecule has 0 unspecified atom stereocenters. The topological polar surface area (TPSA) is 93.8 Å². The molecule has 0 fully saturated rings. The van der Waals surface area contributed by atoms with Crippen molar-refractivity contribution < 1.29 is 4.79 Å². The molecule has 0 aliphatic rings. The van der Waals surface area contributed by atoms with Gasteiger partial charge in [-0.3, -0.25) is 4.79 Å². The molecular weight excluding hydrogens is 218 g/mol. The maximum absolute atomic E-state index is 11.7. The third-order valence-electron chi connectivity index (χ3n) is 2.29. The molecule has 17 heavy (non-hydrogen) atoms. The number of rotatable bonds is 2. The molecule has 2 aromatic rings. The fourth-order valence-corrected chi connectivity index (χ4v) is 1.51. The number of carbonyl (C=O) groups excluding carboxylic acids is 1. The van der Waals surface area contributed by atoms with Crippen LogP contribution in [-0.2, 0) is 0 Å². The van der Waals surface area contributed by atoms with Crippen molar-refractivity contribution in [2.75, 3.05) is 12.8 Å². The van der Waals surface area contributed by atoms with E-state index in [9.17, 15) is 4.79 Å². The number of benzene rings is 1. The van der Waals surface area contributed by atoms with Gasteiger partial charge < -0.3 is 11.1 Å². The second-order valence-corrected chi connectivity index (χ2v) is 3.31. The van der Waals surface area contributed by atoms with Gasteiger partial charge in [0.15, 0.2) is 5.82 Å². The number of nitrogens with two attached hydrogens (primary N) is 1. The number of anilines is 1. The molecule has 0 aliphatic carbocycles. The number of hydrogen-bond acceptors (Lipinski definition) is 5. The maximum Gasteiger partial charge on any atom is 0.251 e. The molecule has 0 saturated heterocycles. The van der Waals surface area contributed by atoms with E-state index in [0.29, 0.717) is 22.6 Å². The summed E-state index contributed by atoms with van der Waals surface area (Å²) in [6.45, 7) is 0. The van der Waals surface area contributed by atoms with Gasteiger partial charge in [-0.1, -0.05) is 6.07 Å². The van der Waals surface area contributed by atoms with Crippen LogP contribution in [0.25, 0.3) is 11.4 Å². The highest BCUT2D eigenvalue weighted by Gasteiger charge is 2.15. The Morgan fingerprint density at radius 2 is 2.00 bits per heavy atom. The first-order valence-electron chi connectivity index (χ1n) is 4.97. The van der Waals surface area contributed by atoms with Crippen LogP contribution in [0.5, 0.6) is 0 Å². The van der Waals surface area contributed by atoms with E-state index in [1.807, 2.05) is 0 Å². The third kappa shape index (κ3) is 2.05. The Labute approximate surface area is 97.9 Å². The van der Waals surface area contributed by atoms with Crippen LogP contribution in [0.2, 0.25) is 0 Å². The number of nitrogen functional groups attached to an aromatic ring is 1. The lowest BCUT2D eigenvalue weighted by Crippen LogP contribution is -2.19. The van der Waals surface area contributed by atoms with Gasteiger partial charge in [0.05, 0.1) is 11.1 Å². The Morgan fingerprint density at radius 1 is 1.29 bits per heavy atom. The Kier molecular flexibility index (Phi) is 2.95. The van der Waals surface area contributed by atoms with E-state index >= 15 is 0 Å². The monoisotopic (exact) mass is 229 g/mol. The molecule has 6 heteroatoms. The minimum atomic E-state index is -0.229. The van der Waals surface area contributed by atoms with Gasteiger partial charge in [0, 0.05) is 12.7 Å². The normalized spacial score (nSPS) is 9.94. The number of aromatic nitrogens is 3. The number of carbonyl (C=O) groups is 1. The molecule has 1 aromatic heterocycles. The minimum absolute atomic E-state index is 0.229. The van der Waals surface area contributed by atoms with E-state index in [-0.39, 0.29) is 5.91 Å². The van der Waals surface area contributed by atoms with Crippen molar-refractivity contribution in [2.24, 2.45) is 0 Å². The van der Waals surface area contributed by atoms with E-state index in [0.717, 1.165) is 0 Å². The SMILES string of the molecule is CNC(=O)c1cccc(N)c1-c1ncncn1. The van der Waals surface area contributed by atoms with Gasteiger partial charge in [-0.05, 0) is 12.1 Å². The zero-order chi connectivity index (χ0) is 12.3. The van der Waals surface area contributed by atoms with Gasteiger partial charge in [0.25, 0.3) is 5.91 Å². The van der Waals surface area contributed by atoms with Gasteiger partial charge in [0.1, 0.15) is 12.7 Å². The second kappa shape index (κ2) is 4.56. The predicted octanol–water partition coefficient (Wildman–Crippen LogP) is 0.480. The summed E-state index contributed by atoms with van der Waals surface area (Å²) < 4.78 is 0. The smallest absolute Gasteiger partial charge is 0.251 e. The van der Waals surface area contributed by atoms with Crippen LogP contribution in [-0.4, -0.2) is 27.9 Å². The Morgan fingerprint density at radius 3 is 2.65 bits per heavy atom. The molecule has 1 amide bonds. The fraction of sp³-hybridized carbons (Fsp3) is 0.0909. The quantitative estimate of drug-likeness (QED) is 0.730. The molecule has 3 N–H and O–H groups in total. The van der Waals surface area contributed by atoms with Crippen molar-refractivity contribution in [1.29, 1.82) is 0 Å². The lowest BCUT2D eigenvalue weighted by molar-refractivity contribution is 0.0963. The summed E-state index contributed by atoms with van der Waals surface area (Å²) in [6, 6.07) is 5.09. The molecule has 0 bridgehead atoms. The molecule has 0 spiro atoms. The Hall–Kier alpha value is -2.50. The maximum atomic E-state index is 11.7. The highest BCUT2D eigenvalue weighted by atomic mass is 16.1. The average Bonchev–Trinajstić information content (AvgIpc) is 2.38. The van der Waals surface area contributed by atoms with Crippen LogP contribution in [0.1, 0.15) is 10.4 Å². The Bertz CT molecular complexity index is 541. The molecule has 1 heterocycles. The number of amides is 1. The summed E-state index contributed by atoms with van der Waals surface area (Å²) >= 11 is 0. The van der Waals surface area contributed by atoms with Crippen molar-refractivity contribution >= 4 is 11.6 Å². The van der Waals surface area contributed by atoms with Crippen LogP contribution in [0.3, 0.4) is 0 Å². The zero-order valence-corrected chi connectivity index (χ0v) is 9.21. The third-order valence-corrected chi connectivity index (χ3v) is 2.29. The second-order valence-electron chi connectivity index (χ2n) is 3.31. The van der Waals surface area contributed by atoms with Crippen LogP contribution in [0.4, 0.5) is 5.69 Å². The largest absolute Gasteiger partial charge is 0.398 e. The van der Waals surface area contributed by atoms with E-state index in [4.69, 9.17) is 5.73 Å². The molecule has 2 rings (SSSR count). The molecule has 0 atom stereocenters. The summed E-state index contributed by atoms with van der Waals surface area (Å²) in [5.74, 6) is 0.157. The van der Waals surface area contributed by atoms with Gasteiger partial charge in [-0.2, -0.15) is 0 Å². The molecule has 6 nitrogen and oxygen atoms in total. The molecule has 86 valence electrons. The molecule has 1 aromatic carbocycles. The standard InChI is InChI=1S/C11H11N5O/c1-13-11(17)7-3-2-4-8(12)9(7)10-15-5-14-6-16-10/h2-6H,12H2,1H3,(H,13,17). The minimum Gasteiger partial charge on any atom is -0.398 e. The average molecular weight is 229 g/mol. The van der Waals surface area contributed by atoms with Crippen LogP contribution in [0.15, 0.2) is 30.9 Å². The van der Waals surface area contributed by atoms with Crippen LogP contribution >= 0.6 is 0 Å². The number of nitrogens with one attached hydrogen (secondary N) is 1. The lowest BCUT2D eigenvalue weighted by Gasteiger charge is -2.09. The Balaban J connectivity index is 2.64. The first-order chi connectivity index (χ1) is 8.24. The van der Waals surface area contributed by atoms with Crippen molar-refractivity contribution in [2.45, 2.75) is 0 Å². The van der Waals surface area contributed by atoms with Gasteiger partial charge >= 0.3 is 0 Å². The highest BCUT2D eigenvalue weighted by molar-refractivity contribution is 6.02. The predicted molar refractivity (Wildman–Crippen MR) is 63.1 cm³/mol. The van der Waals surface area contributed by atoms with E-state index in [1.165, 1.54) is 12.7 Å². The van der Waals surface area contributed by atoms with Gasteiger partial charge in [-0.25, -0.2) is 15.0 Å². The molecule has 0 aliphatic heterocycles. The molecule has 0 saturated carbocycles. The first-order valence-corrected chi connectivity index (χ1v) is 4.97. The van der Waals surface area contributed by atoms with Crippen molar-refractivity contribution in [3.63, 3.8) is 0 Å². The van der Waals surface area contributed by atoms with E-state index in [1.54, 1.807) is 25.2 Å². The lowest BCUT2D eigenvalue weighted by atomic mass is 10.0. The summed E-state index contributed by atoms with van der Waals surface area (Å²) in [4.78, 5) is 23.5. The van der Waals surface area contributed by atoms with E-state index in [2.05, 4.69) is 20.3 Å². The number of nitrogens with zero attached hydrogens (tertiary/aromatic N) is 3. The molecule has 0 radical (unpaired) electrons. The molecular formula is C11H11N5O. The summed E-state index contributed by atoms with van der Waals surface area (Å²) in [5, 5.41) is 2.55. The first kappa shape index (κ1) is 11.0. The van der Waals surface area contributed by atoms with Crippen molar-refractivity contribution in [3.05, 3.63) is 36.4 Å². The van der Waals surface area contributed by atoms with Crippen LogP contribution in [0, 0.1) is 0 Å². The summed E-state index contributed by atoms with van der Waals surface area (Å²) in [5.41, 5.74) is 7.29. The van der Waals surface area contributed by atoms with E-state index < -0.39 is 0 Å². The summed E-state index contributed by atoms with van der Waals surface area (Å²) in [7, 11) is 1.56. The van der Waals surface area contributed by atoms with Crippen molar-refractivity contribution in [3.8, 4) is 11.4 Å². The van der Waals surface area contributed by atoms with Gasteiger partial charge in [0.2, 0.25) is 0 Å². The fourth-order valence-electron chi connectivity index (χ4n) is 1.51. The number of hydrogen-bond donors (Lipinski definition) is 2. The summed E-state index contributed by atoms with van der Waals surface area (Å²) in [6.07, 6.45) is 2.73. The van der Waals surface area contributed by atoms with Crippen LogP contribution < -0.4 is 11.1 Å². The van der Waals surface area contributed by atoms with Gasteiger partial charge in [-0.15, -0.1) is 0 Å². The highest BCUT2D eigenvalue weighted by Crippen LogP contribution is 2.26.